The number of halogens is 3. The third-order valence-electron chi connectivity index (χ3n) is 10.1. The number of ketones is 1. The first-order valence-electron chi connectivity index (χ1n) is 19.5. The van der Waals surface area contributed by atoms with E-state index in [2.05, 4.69) is 131 Å². The zero-order valence-corrected chi connectivity index (χ0v) is 38.7. The molecule has 1 radical (unpaired) electrons. The van der Waals surface area contributed by atoms with Crippen molar-refractivity contribution in [3.8, 4) is 11.3 Å². The van der Waals surface area contributed by atoms with E-state index in [1.165, 1.54) is 24.0 Å². The SMILES string of the molecule is CC(C)(C)Cc1ccc2c(c1)sc1c(-c3[c-]c4cc(C(F)(F)F)ccc4c(C(C)(C)C)c3)ncnc12.CC(C)C(C(=O)/C=C(\O)C(C(C)C)C(C)C)C(C)C.[Ir]. The number of hydrogen-bond acceptors (Lipinski definition) is 5. The van der Waals surface area contributed by atoms with Gasteiger partial charge in [-0.3, -0.25) is 9.78 Å². The Morgan fingerprint density at radius 1 is 0.804 bits per heavy atom. The molecule has 3 aromatic carbocycles. The van der Waals surface area contributed by atoms with E-state index in [-0.39, 0.29) is 54.3 Å². The van der Waals surface area contributed by atoms with Crippen LogP contribution in [-0.2, 0) is 42.9 Å². The van der Waals surface area contributed by atoms with E-state index in [4.69, 9.17) is 0 Å². The Bertz CT molecular complexity index is 2150. The molecule has 0 amide bonds. The van der Waals surface area contributed by atoms with Gasteiger partial charge in [0.1, 0.15) is 6.33 Å². The average molecular weight is 966 g/mol. The van der Waals surface area contributed by atoms with Crippen LogP contribution in [0.1, 0.15) is 114 Å². The number of aromatic nitrogens is 2. The van der Waals surface area contributed by atoms with Crippen LogP contribution in [0.5, 0.6) is 0 Å². The van der Waals surface area contributed by atoms with Gasteiger partial charge in [-0.1, -0.05) is 132 Å². The van der Waals surface area contributed by atoms with E-state index >= 15 is 0 Å². The van der Waals surface area contributed by atoms with Crippen molar-refractivity contribution in [1.82, 2.24) is 9.97 Å². The predicted molar refractivity (Wildman–Crippen MR) is 226 cm³/mol. The van der Waals surface area contributed by atoms with Gasteiger partial charge in [0.25, 0.3) is 0 Å². The quantitative estimate of drug-likeness (QED) is 0.0908. The molecule has 2 heterocycles. The van der Waals surface area contributed by atoms with Crippen LogP contribution in [0.15, 0.2) is 60.6 Å². The van der Waals surface area contributed by atoms with E-state index in [1.807, 2.05) is 6.07 Å². The number of carbonyl (C=O) groups is 1. The minimum Gasteiger partial charge on any atom is -0.512 e. The first-order valence-corrected chi connectivity index (χ1v) is 20.3. The molecule has 1 N–H and O–H groups in total. The van der Waals surface area contributed by atoms with Gasteiger partial charge in [-0.2, -0.15) is 13.2 Å². The summed E-state index contributed by atoms with van der Waals surface area (Å²) in [6, 6.07) is 15.7. The zero-order chi connectivity index (χ0) is 41.4. The molecule has 5 aromatic rings. The summed E-state index contributed by atoms with van der Waals surface area (Å²) in [5.74, 6) is 1.63. The average Bonchev–Trinajstić information content (AvgIpc) is 3.39. The Balaban J connectivity index is 0.000000361. The van der Waals surface area contributed by atoms with Crippen LogP contribution in [-0.4, -0.2) is 20.9 Å². The number of hydrogen-bond donors (Lipinski definition) is 1. The number of carbonyl (C=O) groups excluding carboxylic acids is 1. The summed E-state index contributed by atoms with van der Waals surface area (Å²) in [5, 5.41) is 12.5. The van der Waals surface area contributed by atoms with E-state index in [1.54, 1.807) is 17.4 Å². The molecule has 0 atom stereocenters. The predicted octanol–water partition coefficient (Wildman–Crippen LogP) is 14.2. The van der Waals surface area contributed by atoms with Crippen LogP contribution in [0.4, 0.5) is 13.2 Å². The number of aliphatic hydroxyl groups is 1. The van der Waals surface area contributed by atoms with Gasteiger partial charge in [-0.15, -0.1) is 40.5 Å². The van der Waals surface area contributed by atoms with E-state index in [0.717, 1.165) is 43.7 Å². The first kappa shape index (κ1) is 47.2. The molecule has 2 aromatic heterocycles. The van der Waals surface area contributed by atoms with Gasteiger partial charge in [-0.05, 0) is 52.6 Å². The Kier molecular flexibility index (Phi) is 15.4. The summed E-state index contributed by atoms with van der Waals surface area (Å²) in [6.45, 7) is 29.5. The summed E-state index contributed by atoms with van der Waals surface area (Å²) in [7, 11) is 0. The third kappa shape index (κ3) is 11.3. The van der Waals surface area contributed by atoms with E-state index < -0.39 is 11.7 Å². The topological polar surface area (TPSA) is 63.1 Å². The number of allylic oxidation sites excluding steroid dienone is 2. The zero-order valence-electron chi connectivity index (χ0n) is 35.5. The summed E-state index contributed by atoms with van der Waals surface area (Å²) in [6.07, 6.45) is -0.438. The maximum absolute atomic E-state index is 13.5. The Morgan fingerprint density at radius 2 is 1.38 bits per heavy atom. The maximum Gasteiger partial charge on any atom is 0.409 e. The fourth-order valence-corrected chi connectivity index (χ4v) is 9.18. The molecular formula is C47H60F3IrN2O2S-. The Labute approximate surface area is 350 Å². The molecule has 0 aliphatic heterocycles. The van der Waals surface area contributed by atoms with Gasteiger partial charge in [-0.25, -0.2) is 4.98 Å². The Morgan fingerprint density at radius 3 is 1.89 bits per heavy atom. The molecule has 0 saturated heterocycles. The van der Waals surface area contributed by atoms with Gasteiger partial charge in [0.05, 0.1) is 11.3 Å². The number of fused-ring (bicyclic) bond motifs is 4. The molecule has 0 bridgehead atoms. The van der Waals surface area contributed by atoms with Crippen LogP contribution >= 0.6 is 11.3 Å². The fraction of sp³-hybridized carbons (Fsp3) is 0.511. The molecule has 0 spiro atoms. The summed E-state index contributed by atoms with van der Waals surface area (Å²) in [4.78, 5) is 21.5. The van der Waals surface area contributed by atoms with Crippen molar-refractivity contribution >= 4 is 48.2 Å². The summed E-state index contributed by atoms with van der Waals surface area (Å²) < 4.78 is 42.6. The largest absolute Gasteiger partial charge is 0.512 e. The van der Waals surface area contributed by atoms with Crippen molar-refractivity contribution in [2.45, 2.75) is 115 Å². The van der Waals surface area contributed by atoms with Gasteiger partial charge >= 0.3 is 6.18 Å². The number of benzene rings is 3. The second-order valence-corrected chi connectivity index (χ2v) is 19.7. The molecule has 0 aliphatic rings. The number of aliphatic hydroxyl groups excluding tert-OH is 1. The molecule has 0 aliphatic carbocycles. The molecule has 4 nitrogen and oxygen atoms in total. The smallest absolute Gasteiger partial charge is 0.409 e. The number of thiophene rings is 1. The van der Waals surface area contributed by atoms with Gasteiger partial charge < -0.3 is 5.11 Å². The second-order valence-electron chi connectivity index (χ2n) is 18.7. The molecule has 0 unspecified atom stereocenters. The van der Waals surface area contributed by atoms with E-state index in [0.29, 0.717) is 40.3 Å². The molecule has 5 rings (SSSR count). The van der Waals surface area contributed by atoms with Crippen LogP contribution in [0, 0.1) is 47.0 Å². The summed E-state index contributed by atoms with van der Waals surface area (Å²) in [5.41, 5.74) is 3.68. The number of nitrogens with zero attached hydrogens (tertiary/aromatic N) is 2. The molecular weight excluding hydrogens is 906 g/mol. The van der Waals surface area contributed by atoms with Crippen molar-refractivity contribution in [1.29, 1.82) is 0 Å². The molecule has 0 saturated carbocycles. The number of rotatable bonds is 9. The van der Waals surface area contributed by atoms with Crippen LogP contribution in [0.25, 0.3) is 42.3 Å². The fourth-order valence-electron chi connectivity index (χ4n) is 7.96. The minimum absolute atomic E-state index is 0. The Hall–Kier alpha value is -3.13. The van der Waals surface area contributed by atoms with Crippen LogP contribution in [0.2, 0.25) is 0 Å². The molecule has 0 fully saturated rings. The monoisotopic (exact) mass is 966 g/mol. The normalized spacial score (nSPS) is 13.2. The van der Waals surface area contributed by atoms with Crippen molar-refractivity contribution in [2.75, 3.05) is 0 Å². The van der Waals surface area contributed by atoms with E-state index in [9.17, 15) is 23.1 Å². The van der Waals surface area contributed by atoms with Gasteiger partial charge in [0.15, 0.2) is 5.78 Å². The standard InChI is InChI=1S/C30H28F3N2S.C17H32O2.Ir/c1-28(2,3)15-17-7-9-22-24(11-17)36-27-25(34-16-35-26(22)27)19-12-18-13-20(30(31,32)33)8-10-21(18)23(14-19)29(4,5)6;1-10(2)16(11(3)4)14(18)9-15(19)17(12(5)6)13(7)8;/h7-11,13-14,16H,15H2,1-6H3;9-13,16-18H,1-8H3;/q-1;;/b;14-9-;. The van der Waals surface area contributed by atoms with Crippen molar-refractivity contribution in [2.24, 2.45) is 40.9 Å². The van der Waals surface area contributed by atoms with Crippen LogP contribution < -0.4 is 0 Å². The van der Waals surface area contributed by atoms with Crippen molar-refractivity contribution < 1.29 is 43.2 Å². The first-order chi connectivity index (χ1) is 25.3. The van der Waals surface area contributed by atoms with Gasteiger partial charge in [0, 0.05) is 64.1 Å². The van der Waals surface area contributed by atoms with Gasteiger partial charge in [0.2, 0.25) is 0 Å². The minimum atomic E-state index is -4.42. The van der Waals surface area contributed by atoms with Crippen molar-refractivity contribution in [3.63, 3.8) is 0 Å². The second kappa shape index (κ2) is 18.2. The van der Waals surface area contributed by atoms with Crippen LogP contribution in [0.3, 0.4) is 0 Å². The molecule has 9 heteroatoms. The number of alkyl halides is 3. The maximum atomic E-state index is 13.5. The molecule has 307 valence electrons. The van der Waals surface area contributed by atoms with Crippen molar-refractivity contribution in [3.05, 3.63) is 83.4 Å². The third-order valence-corrected chi connectivity index (χ3v) is 11.3. The summed E-state index contributed by atoms with van der Waals surface area (Å²) >= 11 is 1.62. The molecule has 56 heavy (non-hydrogen) atoms.